The van der Waals surface area contributed by atoms with Crippen LogP contribution in [0, 0.1) is 0 Å². The first-order valence-electron chi connectivity index (χ1n) is 5.11. The SMILES string of the molecule is O=C(O)COC(F)(F)C(F)(OC(F)(F)COC(F)(F)F)C(F)(F)F. The van der Waals surface area contributed by atoms with Gasteiger partial charge in [0, 0.05) is 0 Å². The molecule has 0 aliphatic rings. The Hall–Kier alpha value is -1.42. The maximum Gasteiger partial charge on any atom is 0.522 e. The van der Waals surface area contributed by atoms with Gasteiger partial charge in [-0.3, -0.25) is 9.47 Å². The molecule has 0 rings (SSSR count). The van der Waals surface area contributed by atoms with Crippen LogP contribution in [0.4, 0.5) is 48.3 Å². The van der Waals surface area contributed by atoms with Crippen LogP contribution in [0.1, 0.15) is 0 Å². The van der Waals surface area contributed by atoms with Gasteiger partial charge in [-0.05, 0) is 0 Å². The third kappa shape index (κ3) is 6.23. The van der Waals surface area contributed by atoms with Crippen LogP contribution < -0.4 is 0 Å². The highest BCUT2D eigenvalue weighted by atomic mass is 19.4. The highest BCUT2D eigenvalue weighted by Crippen LogP contribution is 2.49. The average Bonchev–Trinajstić information content (AvgIpc) is 2.31. The van der Waals surface area contributed by atoms with E-state index in [0.29, 0.717) is 0 Å². The number of alkyl halides is 11. The Morgan fingerprint density at radius 1 is 0.833 bits per heavy atom. The Bertz CT molecular complexity index is 445. The van der Waals surface area contributed by atoms with Crippen molar-refractivity contribution in [3.05, 3.63) is 0 Å². The minimum atomic E-state index is -6.96. The summed E-state index contributed by atoms with van der Waals surface area (Å²) in [5.74, 6) is -9.03. The quantitative estimate of drug-likeness (QED) is 0.646. The van der Waals surface area contributed by atoms with Crippen molar-refractivity contribution in [2.75, 3.05) is 13.2 Å². The zero-order chi connectivity index (χ0) is 19.6. The lowest BCUT2D eigenvalue weighted by Gasteiger charge is -2.35. The highest BCUT2D eigenvalue weighted by Gasteiger charge is 2.77. The molecule has 0 amide bonds. The summed E-state index contributed by atoms with van der Waals surface area (Å²) >= 11 is 0. The van der Waals surface area contributed by atoms with E-state index in [1.54, 1.807) is 0 Å². The number of carboxylic acid groups (broad SMARTS) is 1. The smallest absolute Gasteiger partial charge is 0.480 e. The second-order valence-corrected chi connectivity index (χ2v) is 3.77. The van der Waals surface area contributed by atoms with Crippen LogP contribution in [0.25, 0.3) is 0 Å². The van der Waals surface area contributed by atoms with Gasteiger partial charge in [0.1, 0.15) is 6.61 Å². The zero-order valence-corrected chi connectivity index (χ0v) is 10.7. The summed E-state index contributed by atoms with van der Waals surface area (Å²) in [5, 5.41) is 7.96. The van der Waals surface area contributed by atoms with Crippen molar-refractivity contribution in [2.45, 2.75) is 30.6 Å². The fraction of sp³-hybridized carbons (Fsp3) is 0.875. The summed E-state index contributed by atoms with van der Waals surface area (Å²) in [5.41, 5.74) is 0. The number of ether oxygens (including phenoxy) is 3. The number of rotatable bonds is 8. The molecule has 0 aromatic rings. The first-order chi connectivity index (χ1) is 10.3. The van der Waals surface area contributed by atoms with Gasteiger partial charge in [-0.15, -0.1) is 13.2 Å². The third-order valence-corrected chi connectivity index (χ3v) is 1.81. The lowest BCUT2D eigenvalue weighted by atomic mass is 10.2. The van der Waals surface area contributed by atoms with Crippen molar-refractivity contribution in [1.82, 2.24) is 0 Å². The minimum absolute atomic E-state index is 2.16. The largest absolute Gasteiger partial charge is 0.522 e. The normalized spacial score (nSPS) is 16.8. The Morgan fingerprint density at radius 3 is 1.62 bits per heavy atom. The predicted molar refractivity (Wildman–Crippen MR) is 46.5 cm³/mol. The van der Waals surface area contributed by atoms with E-state index in [4.69, 9.17) is 5.11 Å². The Morgan fingerprint density at radius 2 is 1.29 bits per heavy atom. The number of halogens is 11. The Kier molecular flexibility index (Phi) is 6.43. The van der Waals surface area contributed by atoms with E-state index >= 15 is 0 Å². The molecule has 0 aliphatic carbocycles. The summed E-state index contributed by atoms with van der Waals surface area (Å²) in [6, 6.07) is 0. The standard InChI is InChI=1S/C8H5F11O5/c9-4(10,2-23-8(17,18)19)24-5(11,6(12,13)14)7(15,16)22-1-3(20)21/h1-2H2,(H,20,21). The van der Waals surface area contributed by atoms with Crippen molar-refractivity contribution in [2.24, 2.45) is 0 Å². The van der Waals surface area contributed by atoms with Crippen LogP contribution in [0.5, 0.6) is 0 Å². The molecule has 0 spiro atoms. The van der Waals surface area contributed by atoms with Crippen molar-refractivity contribution >= 4 is 5.97 Å². The summed E-state index contributed by atoms with van der Waals surface area (Å²) in [6.07, 6.45) is -25.0. The van der Waals surface area contributed by atoms with Crippen LogP contribution >= 0.6 is 0 Å². The molecule has 1 unspecified atom stereocenters. The van der Waals surface area contributed by atoms with E-state index in [1.807, 2.05) is 0 Å². The highest BCUT2D eigenvalue weighted by molar-refractivity contribution is 5.68. The van der Waals surface area contributed by atoms with Gasteiger partial charge in [-0.1, -0.05) is 0 Å². The van der Waals surface area contributed by atoms with E-state index in [1.165, 1.54) is 0 Å². The van der Waals surface area contributed by atoms with E-state index in [2.05, 4.69) is 14.2 Å². The summed E-state index contributed by atoms with van der Waals surface area (Å²) < 4.78 is 144. The molecule has 0 saturated heterocycles. The fourth-order valence-corrected chi connectivity index (χ4v) is 0.929. The first kappa shape index (κ1) is 22.6. The van der Waals surface area contributed by atoms with Gasteiger partial charge in [0.25, 0.3) is 0 Å². The van der Waals surface area contributed by atoms with Crippen molar-refractivity contribution in [1.29, 1.82) is 0 Å². The topological polar surface area (TPSA) is 65.0 Å². The molecule has 24 heavy (non-hydrogen) atoms. The first-order valence-corrected chi connectivity index (χ1v) is 5.11. The van der Waals surface area contributed by atoms with E-state index in [0.717, 1.165) is 0 Å². The molecule has 5 nitrogen and oxygen atoms in total. The lowest BCUT2D eigenvalue weighted by molar-refractivity contribution is -0.506. The van der Waals surface area contributed by atoms with Gasteiger partial charge < -0.3 is 9.84 Å². The minimum Gasteiger partial charge on any atom is -0.480 e. The summed E-state index contributed by atoms with van der Waals surface area (Å²) in [6.45, 7) is -5.38. The molecule has 0 aromatic heterocycles. The molecule has 0 radical (unpaired) electrons. The van der Waals surface area contributed by atoms with Gasteiger partial charge in [0.15, 0.2) is 6.61 Å². The van der Waals surface area contributed by atoms with E-state index in [9.17, 15) is 53.1 Å². The van der Waals surface area contributed by atoms with Crippen molar-refractivity contribution in [3.8, 4) is 0 Å². The number of aliphatic carboxylic acids is 1. The number of carbonyl (C=O) groups is 1. The van der Waals surface area contributed by atoms with Crippen LogP contribution in [0.3, 0.4) is 0 Å². The Labute approximate surface area is 123 Å². The molecule has 0 aliphatic heterocycles. The molecule has 1 atom stereocenters. The molecule has 144 valence electrons. The fourth-order valence-electron chi connectivity index (χ4n) is 0.929. The number of carboxylic acids is 1. The predicted octanol–water partition coefficient (Wildman–Crippen LogP) is 3.05. The molecular weight excluding hydrogens is 385 g/mol. The van der Waals surface area contributed by atoms with Gasteiger partial charge in [-0.2, -0.15) is 35.1 Å². The monoisotopic (exact) mass is 390 g/mol. The van der Waals surface area contributed by atoms with Crippen LogP contribution in [0.15, 0.2) is 0 Å². The van der Waals surface area contributed by atoms with Crippen molar-refractivity contribution < 1.29 is 72.4 Å². The molecule has 0 saturated carbocycles. The van der Waals surface area contributed by atoms with Crippen LogP contribution in [0.2, 0.25) is 0 Å². The third-order valence-electron chi connectivity index (χ3n) is 1.81. The summed E-state index contributed by atoms with van der Waals surface area (Å²) in [7, 11) is 0. The molecular formula is C8H5F11O5. The van der Waals surface area contributed by atoms with E-state index < -0.39 is 49.8 Å². The van der Waals surface area contributed by atoms with Gasteiger partial charge in [0.2, 0.25) is 0 Å². The van der Waals surface area contributed by atoms with Crippen LogP contribution in [-0.4, -0.2) is 54.9 Å². The maximum absolute atomic E-state index is 13.4. The lowest BCUT2D eigenvalue weighted by Crippen LogP contribution is -2.61. The van der Waals surface area contributed by atoms with Gasteiger partial charge >= 0.3 is 36.6 Å². The average molecular weight is 390 g/mol. The molecule has 1 N–H and O–H groups in total. The molecule has 0 fully saturated rings. The van der Waals surface area contributed by atoms with Crippen molar-refractivity contribution in [3.63, 3.8) is 0 Å². The van der Waals surface area contributed by atoms with E-state index in [-0.39, 0.29) is 0 Å². The van der Waals surface area contributed by atoms with Gasteiger partial charge in [-0.25, -0.2) is 4.79 Å². The molecule has 0 heterocycles. The molecule has 0 bridgehead atoms. The zero-order valence-electron chi connectivity index (χ0n) is 10.7. The number of hydrogen-bond acceptors (Lipinski definition) is 4. The van der Waals surface area contributed by atoms with Gasteiger partial charge in [0.05, 0.1) is 0 Å². The second-order valence-electron chi connectivity index (χ2n) is 3.77. The summed E-state index contributed by atoms with van der Waals surface area (Å²) in [4.78, 5) is 9.92. The maximum atomic E-state index is 13.4. The van der Waals surface area contributed by atoms with Crippen LogP contribution in [-0.2, 0) is 19.0 Å². The number of hydrogen-bond donors (Lipinski definition) is 1. The molecule has 0 aromatic carbocycles. The second kappa shape index (κ2) is 6.83. The molecule has 16 heteroatoms. The Balaban J connectivity index is 5.50.